The molecule has 1 atom stereocenters. The lowest BCUT2D eigenvalue weighted by molar-refractivity contribution is -0.137. The third-order valence-corrected chi connectivity index (χ3v) is 3.30. The molecule has 5 nitrogen and oxygen atoms in total. The van der Waals surface area contributed by atoms with Crippen molar-refractivity contribution < 1.29 is 19.1 Å². The number of hydrogen-bond donors (Lipinski definition) is 0. The summed E-state index contributed by atoms with van der Waals surface area (Å²) in [6.07, 6.45) is 2.46. The summed E-state index contributed by atoms with van der Waals surface area (Å²) in [4.78, 5) is 22.9. The third kappa shape index (κ3) is 2.58. The predicted molar refractivity (Wildman–Crippen MR) is 72.4 cm³/mol. The second kappa shape index (κ2) is 5.09. The Morgan fingerprint density at radius 1 is 1.40 bits per heavy atom. The second-order valence-corrected chi connectivity index (χ2v) is 4.81. The zero-order valence-corrected chi connectivity index (χ0v) is 11.2. The van der Waals surface area contributed by atoms with Crippen LogP contribution in [0.4, 0.5) is 0 Å². The molecule has 1 unspecified atom stereocenters. The van der Waals surface area contributed by atoms with Crippen molar-refractivity contribution in [2.75, 3.05) is 6.61 Å². The summed E-state index contributed by atoms with van der Waals surface area (Å²) < 4.78 is 12.0. The van der Waals surface area contributed by atoms with E-state index in [1.165, 1.54) is 0 Å². The minimum atomic E-state index is -0.600. The van der Waals surface area contributed by atoms with Crippen molar-refractivity contribution >= 4 is 22.8 Å². The Bertz CT molecular complexity index is 670. The van der Waals surface area contributed by atoms with E-state index in [9.17, 15) is 9.59 Å². The maximum absolute atomic E-state index is 11.8. The summed E-state index contributed by atoms with van der Waals surface area (Å²) in [5.74, 6) is -1.12. The highest BCUT2D eigenvalue weighted by molar-refractivity contribution is 5.99. The fourth-order valence-corrected chi connectivity index (χ4v) is 2.11. The summed E-state index contributed by atoms with van der Waals surface area (Å²) in [5.41, 5.74) is 1.43. The van der Waals surface area contributed by atoms with Crippen LogP contribution >= 0.6 is 0 Å². The van der Waals surface area contributed by atoms with Gasteiger partial charge >= 0.3 is 11.9 Å². The van der Waals surface area contributed by atoms with Crippen LogP contribution in [0.2, 0.25) is 0 Å². The first-order chi connectivity index (χ1) is 9.67. The zero-order valence-electron chi connectivity index (χ0n) is 11.2. The van der Waals surface area contributed by atoms with Gasteiger partial charge in [0.05, 0.1) is 24.8 Å². The molecule has 3 rings (SSSR count). The summed E-state index contributed by atoms with van der Waals surface area (Å²) >= 11 is 0. The molecule has 1 aliphatic rings. The molecule has 1 aromatic carbocycles. The van der Waals surface area contributed by atoms with E-state index in [-0.39, 0.29) is 6.42 Å². The van der Waals surface area contributed by atoms with Crippen molar-refractivity contribution in [2.45, 2.75) is 26.0 Å². The number of aromatic nitrogens is 1. The molecule has 5 heteroatoms. The normalized spacial score (nSPS) is 17.1. The van der Waals surface area contributed by atoms with E-state index in [0.29, 0.717) is 11.7 Å². The molecule has 0 aliphatic carbocycles. The number of carbonyl (C=O) groups is 2. The lowest BCUT2D eigenvalue weighted by atomic mass is 10.1. The fraction of sp³-hybridized carbons (Fsp3) is 0.333. The molecule has 0 radical (unpaired) electrons. The van der Waals surface area contributed by atoms with Crippen molar-refractivity contribution in [1.82, 2.24) is 4.57 Å². The van der Waals surface area contributed by atoms with Gasteiger partial charge in [0.15, 0.2) is 0 Å². The molecule has 1 saturated heterocycles. The lowest BCUT2D eigenvalue weighted by Crippen LogP contribution is -2.11. The van der Waals surface area contributed by atoms with Gasteiger partial charge in [-0.3, -0.25) is 4.79 Å². The molecule has 0 N–H and O–H groups in total. The number of nitrogens with zero attached hydrogens (tertiary/aromatic N) is 1. The molecule has 0 spiro atoms. The van der Waals surface area contributed by atoms with Crippen LogP contribution in [0.3, 0.4) is 0 Å². The Morgan fingerprint density at radius 3 is 2.90 bits per heavy atom. The second-order valence-electron chi connectivity index (χ2n) is 4.81. The molecule has 0 bridgehead atoms. The van der Waals surface area contributed by atoms with Crippen molar-refractivity contribution in [3.05, 3.63) is 36.0 Å². The minimum absolute atomic E-state index is 0.186. The van der Waals surface area contributed by atoms with Crippen LogP contribution in [0.5, 0.6) is 0 Å². The Labute approximate surface area is 116 Å². The monoisotopic (exact) mass is 273 g/mol. The van der Waals surface area contributed by atoms with E-state index < -0.39 is 11.9 Å². The first-order valence-electron chi connectivity index (χ1n) is 6.63. The molecule has 2 aromatic rings. The molecule has 1 fully saturated rings. The number of fused-ring (bicyclic) bond motifs is 1. The van der Waals surface area contributed by atoms with Crippen molar-refractivity contribution in [2.24, 2.45) is 0 Å². The molecule has 0 amide bonds. The predicted octanol–water partition coefficient (Wildman–Crippen LogP) is 2.13. The van der Waals surface area contributed by atoms with Crippen LogP contribution in [0, 0.1) is 0 Å². The maximum Gasteiger partial charge on any atom is 0.345 e. The summed E-state index contributed by atoms with van der Waals surface area (Å²) in [6, 6.07) is 7.23. The molecule has 1 aliphatic heterocycles. The van der Waals surface area contributed by atoms with E-state index in [0.717, 1.165) is 24.1 Å². The van der Waals surface area contributed by atoms with Crippen LogP contribution in [0.1, 0.15) is 23.7 Å². The number of esters is 2. The number of hydrogen-bond acceptors (Lipinski definition) is 4. The van der Waals surface area contributed by atoms with Gasteiger partial charge in [-0.2, -0.15) is 0 Å². The Balaban J connectivity index is 1.83. The van der Waals surface area contributed by atoms with Crippen LogP contribution < -0.4 is 0 Å². The van der Waals surface area contributed by atoms with Gasteiger partial charge in [-0.1, -0.05) is 6.92 Å². The smallest absolute Gasteiger partial charge is 0.345 e. The van der Waals surface area contributed by atoms with Gasteiger partial charge in [-0.05, 0) is 24.3 Å². The highest BCUT2D eigenvalue weighted by Gasteiger charge is 2.23. The van der Waals surface area contributed by atoms with E-state index in [4.69, 9.17) is 9.47 Å². The Kier molecular flexibility index (Phi) is 3.28. The van der Waals surface area contributed by atoms with Gasteiger partial charge in [0.2, 0.25) is 0 Å². The number of rotatable bonds is 4. The van der Waals surface area contributed by atoms with Gasteiger partial charge in [0, 0.05) is 23.5 Å². The lowest BCUT2D eigenvalue weighted by Gasteiger charge is -2.04. The van der Waals surface area contributed by atoms with Crippen LogP contribution in [-0.4, -0.2) is 29.2 Å². The van der Waals surface area contributed by atoms with E-state index in [1.54, 1.807) is 19.1 Å². The molecule has 20 heavy (non-hydrogen) atoms. The summed E-state index contributed by atoms with van der Waals surface area (Å²) in [5, 5.41) is 0.948. The van der Waals surface area contributed by atoms with Gasteiger partial charge in [-0.15, -0.1) is 0 Å². The first-order valence-corrected chi connectivity index (χ1v) is 6.63. The van der Waals surface area contributed by atoms with E-state index in [2.05, 4.69) is 4.57 Å². The summed E-state index contributed by atoms with van der Waals surface area (Å²) in [6.45, 7) is 3.28. The van der Waals surface area contributed by atoms with Gasteiger partial charge in [0.1, 0.15) is 0 Å². The third-order valence-electron chi connectivity index (χ3n) is 3.30. The zero-order chi connectivity index (χ0) is 14.1. The van der Waals surface area contributed by atoms with Gasteiger partial charge < -0.3 is 14.0 Å². The fourth-order valence-electron chi connectivity index (χ4n) is 2.11. The highest BCUT2D eigenvalue weighted by atomic mass is 16.6. The van der Waals surface area contributed by atoms with E-state index >= 15 is 0 Å². The minimum Gasteiger partial charge on any atom is -0.389 e. The maximum atomic E-state index is 11.8. The Hall–Kier alpha value is -2.14. The average Bonchev–Trinajstić information content (AvgIpc) is 3.18. The number of epoxide rings is 1. The highest BCUT2D eigenvalue weighted by Crippen LogP contribution is 2.21. The molecule has 104 valence electrons. The largest absolute Gasteiger partial charge is 0.389 e. The topological polar surface area (TPSA) is 60.8 Å². The van der Waals surface area contributed by atoms with Gasteiger partial charge in [-0.25, -0.2) is 4.79 Å². The van der Waals surface area contributed by atoms with Crippen molar-refractivity contribution in [1.29, 1.82) is 0 Å². The van der Waals surface area contributed by atoms with Gasteiger partial charge in [0.25, 0.3) is 0 Å². The molecule has 1 aromatic heterocycles. The van der Waals surface area contributed by atoms with E-state index in [1.807, 2.05) is 18.3 Å². The number of carbonyl (C=O) groups excluding carboxylic acids is 2. The average molecular weight is 273 g/mol. The van der Waals surface area contributed by atoms with Crippen LogP contribution in [0.25, 0.3) is 10.9 Å². The van der Waals surface area contributed by atoms with Crippen LogP contribution in [0.15, 0.2) is 30.5 Å². The quantitative estimate of drug-likeness (QED) is 0.486. The molecular weight excluding hydrogens is 258 g/mol. The van der Waals surface area contributed by atoms with Crippen molar-refractivity contribution in [3.63, 3.8) is 0 Å². The number of benzene rings is 1. The standard InChI is InChI=1S/C15H15NO4/c1-2-14(17)20-15(18)11-3-4-13-10(7-11)5-6-16(13)8-12-9-19-12/h3-7,12H,2,8-9H2,1H3. The Morgan fingerprint density at radius 2 is 2.20 bits per heavy atom. The number of ether oxygens (including phenoxy) is 2. The van der Waals surface area contributed by atoms with Crippen molar-refractivity contribution in [3.8, 4) is 0 Å². The SMILES string of the molecule is CCC(=O)OC(=O)c1ccc2c(ccn2CC2CO2)c1. The molecule has 2 heterocycles. The summed E-state index contributed by atoms with van der Waals surface area (Å²) in [7, 11) is 0. The van der Waals surface area contributed by atoms with Crippen LogP contribution in [-0.2, 0) is 20.8 Å². The molecular formula is C15H15NO4. The molecule has 0 saturated carbocycles. The first kappa shape index (κ1) is 12.9.